The van der Waals surface area contributed by atoms with Crippen LogP contribution in [-0.4, -0.2) is 4.57 Å². The molecule has 0 saturated carbocycles. The lowest BCUT2D eigenvalue weighted by atomic mass is 9.97. The second kappa shape index (κ2) is 8.69. The van der Waals surface area contributed by atoms with Gasteiger partial charge in [-0.1, -0.05) is 96.6 Å². The Morgan fingerprint density at radius 2 is 1.18 bits per heavy atom. The summed E-state index contributed by atoms with van der Waals surface area (Å²) in [7, 11) is 0. The van der Waals surface area contributed by atoms with Crippen LogP contribution in [0.2, 0.25) is 0 Å². The van der Waals surface area contributed by atoms with Crippen molar-refractivity contribution in [2.45, 2.75) is 6.92 Å². The van der Waals surface area contributed by atoms with Crippen LogP contribution in [0.3, 0.4) is 0 Å². The molecule has 0 radical (unpaired) electrons. The summed E-state index contributed by atoms with van der Waals surface area (Å²) in [4.78, 5) is 0. The highest BCUT2D eigenvalue weighted by atomic mass is 32.1. The third-order valence-electron chi connectivity index (χ3n) is 7.84. The van der Waals surface area contributed by atoms with Gasteiger partial charge in [0.1, 0.15) is 0 Å². The molecule has 8 rings (SSSR count). The molecule has 2 heteroatoms. The summed E-state index contributed by atoms with van der Waals surface area (Å²) in [6.07, 6.45) is 0. The van der Waals surface area contributed by atoms with Gasteiger partial charge in [-0.05, 0) is 71.6 Å². The molecule has 0 amide bonds. The Bertz CT molecular complexity index is 2190. The summed E-state index contributed by atoms with van der Waals surface area (Å²) in [5.74, 6) is 0. The second-order valence-corrected chi connectivity index (χ2v) is 11.3. The van der Waals surface area contributed by atoms with Gasteiger partial charge in [-0.15, -0.1) is 11.3 Å². The first-order valence-electron chi connectivity index (χ1n) is 13.4. The molecule has 0 aliphatic carbocycles. The third-order valence-corrected chi connectivity index (χ3v) is 9.06. The van der Waals surface area contributed by atoms with Crippen molar-refractivity contribution in [1.29, 1.82) is 0 Å². The Morgan fingerprint density at radius 1 is 0.487 bits per heavy atom. The first-order valence-corrected chi connectivity index (χ1v) is 14.2. The van der Waals surface area contributed by atoms with Crippen LogP contribution in [0, 0.1) is 6.92 Å². The van der Waals surface area contributed by atoms with E-state index in [-0.39, 0.29) is 0 Å². The van der Waals surface area contributed by atoms with E-state index in [0.29, 0.717) is 0 Å². The van der Waals surface area contributed by atoms with Crippen molar-refractivity contribution in [2.75, 3.05) is 0 Å². The average molecular weight is 516 g/mol. The summed E-state index contributed by atoms with van der Waals surface area (Å²) in [5.41, 5.74) is 9.93. The fourth-order valence-electron chi connectivity index (χ4n) is 6.03. The second-order valence-electron chi connectivity index (χ2n) is 10.3. The van der Waals surface area contributed by atoms with Crippen molar-refractivity contribution in [1.82, 2.24) is 4.57 Å². The molecule has 0 unspecified atom stereocenters. The number of para-hydroxylation sites is 1. The van der Waals surface area contributed by atoms with Gasteiger partial charge in [0.05, 0.1) is 11.0 Å². The van der Waals surface area contributed by atoms with Crippen molar-refractivity contribution in [3.63, 3.8) is 0 Å². The normalized spacial score (nSPS) is 11.7. The highest BCUT2D eigenvalue weighted by molar-refractivity contribution is 7.26. The zero-order valence-corrected chi connectivity index (χ0v) is 22.4. The summed E-state index contributed by atoms with van der Waals surface area (Å²) < 4.78 is 5.09. The van der Waals surface area contributed by atoms with Crippen LogP contribution in [0.25, 0.3) is 69.9 Å². The van der Waals surface area contributed by atoms with Gasteiger partial charge in [0, 0.05) is 36.6 Å². The van der Waals surface area contributed by atoms with Crippen molar-refractivity contribution in [2.24, 2.45) is 0 Å². The van der Waals surface area contributed by atoms with E-state index in [4.69, 9.17) is 0 Å². The molecule has 39 heavy (non-hydrogen) atoms. The highest BCUT2D eigenvalue weighted by Crippen LogP contribution is 2.41. The largest absolute Gasteiger partial charge is 0.309 e. The SMILES string of the molecule is Cc1ccc2c(c1)c1ccccc1n2-c1cccc(-c2cccc(-c3cccc4c3sc3ccccc34)c2)c1. The van der Waals surface area contributed by atoms with Crippen molar-refractivity contribution in [3.8, 4) is 27.9 Å². The maximum Gasteiger partial charge on any atom is 0.0541 e. The fourth-order valence-corrected chi connectivity index (χ4v) is 7.27. The summed E-state index contributed by atoms with van der Waals surface area (Å²) in [6, 6.07) is 48.8. The molecule has 0 fully saturated rings. The van der Waals surface area contributed by atoms with E-state index in [9.17, 15) is 0 Å². The Labute approximate surface area is 231 Å². The van der Waals surface area contributed by atoms with E-state index in [0.717, 1.165) is 0 Å². The van der Waals surface area contributed by atoms with Gasteiger partial charge < -0.3 is 4.57 Å². The summed E-state index contributed by atoms with van der Waals surface area (Å²) in [5, 5.41) is 5.26. The molecule has 184 valence electrons. The number of aromatic nitrogens is 1. The number of thiophene rings is 1. The van der Waals surface area contributed by atoms with E-state index in [1.54, 1.807) is 0 Å². The molecule has 0 spiro atoms. The van der Waals surface area contributed by atoms with Crippen LogP contribution in [0.5, 0.6) is 0 Å². The molecule has 0 atom stereocenters. The van der Waals surface area contributed by atoms with Gasteiger partial charge in [-0.2, -0.15) is 0 Å². The van der Waals surface area contributed by atoms with Gasteiger partial charge >= 0.3 is 0 Å². The summed E-state index contributed by atoms with van der Waals surface area (Å²) in [6.45, 7) is 2.17. The molecular weight excluding hydrogens is 490 g/mol. The molecule has 0 bridgehead atoms. The Hall–Kier alpha value is -4.66. The molecule has 2 heterocycles. The molecule has 0 aliphatic heterocycles. The lowest BCUT2D eigenvalue weighted by Gasteiger charge is -2.12. The Morgan fingerprint density at radius 3 is 2.10 bits per heavy atom. The van der Waals surface area contributed by atoms with Crippen LogP contribution < -0.4 is 0 Å². The molecule has 0 saturated heterocycles. The maximum atomic E-state index is 2.40. The zero-order chi connectivity index (χ0) is 25.9. The monoisotopic (exact) mass is 515 g/mol. The van der Waals surface area contributed by atoms with Crippen LogP contribution >= 0.6 is 11.3 Å². The predicted octanol–water partition coefficient (Wildman–Crippen LogP) is 10.8. The molecular formula is C37H25NS. The van der Waals surface area contributed by atoms with E-state index < -0.39 is 0 Å². The quantitative estimate of drug-likeness (QED) is 0.220. The summed E-state index contributed by atoms with van der Waals surface area (Å²) >= 11 is 1.89. The van der Waals surface area contributed by atoms with Crippen molar-refractivity contribution < 1.29 is 0 Å². The number of benzene rings is 6. The molecule has 8 aromatic rings. The first kappa shape index (κ1) is 22.3. The van der Waals surface area contributed by atoms with E-state index in [2.05, 4.69) is 145 Å². The van der Waals surface area contributed by atoms with Crippen LogP contribution in [0.1, 0.15) is 5.56 Å². The number of hydrogen-bond acceptors (Lipinski definition) is 1. The molecule has 0 N–H and O–H groups in total. The lowest BCUT2D eigenvalue weighted by Crippen LogP contribution is -1.94. The number of nitrogens with zero attached hydrogens (tertiary/aromatic N) is 1. The van der Waals surface area contributed by atoms with E-state index >= 15 is 0 Å². The maximum absolute atomic E-state index is 2.40. The molecule has 0 aliphatic rings. The topological polar surface area (TPSA) is 4.93 Å². The van der Waals surface area contributed by atoms with Crippen LogP contribution in [0.15, 0.2) is 133 Å². The number of fused-ring (bicyclic) bond motifs is 6. The van der Waals surface area contributed by atoms with Gasteiger partial charge in [-0.3, -0.25) is 0 Å². The van der Waals surface area contributed by atoms with Crippen molar-refractivity contribution in [3.05, 3.63) is 139 Å². The lowest BCUT2D eigenvalue weighted by molar-refractivity contribution is 1.18. The Kier molecular flexibility index (Phi) is 4.98. The minimum Gasteiger partial charge on any atom is -0.309 e. The Balaban J connectivity index is 1.28. The zero-order valence-electron chi connectivity index (χ0n) is 21.6. The highest BCUT2D eigenvalue weighted by Gasteiger charge is 2.14. The van der Waals surface area contributed by atoms with Gasteiger partial charge in [0.2, 0.25) is 0 Å². The van der Waals surface area contributed by atoms with E-state index in [1.165, 1.54) is 75.5 Å². The minimum absolute atomic E-state index is 1.18. The minimum atomic E-state index is 1.18. The predicted molar refractivity (Wildman–Crippen MR) is 169 cm³/mol. The van der Waals surface area contributed by atoms with Crippen molar-refractivity contribution >= 4 is 53.3 Å². The van der Waals surface area contributed by atoms with Gasteiger partial charge in [0.25, 0.3) is 0 Å². The van der Waals surface area contributed by atoms with Gasteiger partial charge in [0.15, 0.2) is 0 Å². The first-order chi connectivity index (χ1) is 19.2. The molecule has 1 nitrogen and oxygen atoms in total. The average Bonchev–Trinajstić information content (AvgIpc) is 3.53. The van der Waals surface area contributed by atoms with Crippen LogP contribution in [0.4, 0.5) is 0 Å². The van der Waals surface area contributed by atoms with Gasteiger partial charge in [-0.25, -0.2) is 0 Å². The smallest absolute Gasteiger partial charge is 0.0541 e. The number of rotatable bonds is 3. The van der Waals surface area contributed by atoms with Crippen LogP contribution in [-0.2, 0) is 0 Å². The number of aryl methyl sites for hydroxylation is 1. The number of hydrogen-bond donors (Lipinski definition) is 0. The van der Waals surface area contributed by atoms with E-state index in [1.807, 2.05) is 11.3 Å². The molecule has 2 aromatic heterocycles. The fraction of sp³-hybridized carbons (Fsp3) is 0.0270. The third kappa shape index (κ3) is 3.53. The molecule has 6 aromatic carbocycles. The standard InChI is InChI=1S/C37H25NS/c1-24-19-20-35-33(21-24)30-13-2-4-17-34(30)38(35)28-12-7-10-26(23-28)25-9-6-11-27(22-25)29-15-8-16-32-31-14-3-5-18-36(31)39-37(29)32/h2-23H,1H3.